The van der Waals surface area contributed by atoms with E-state index in [4.69, 9.17) is 0 Å². The summed E-state index contributed by atoms with van der Waals surface area (Å²) in [5, 5.41) is 4.91. The zero-order valence-electron chi connectivity index (χ0n) is 37.9. The molecule has 0 saturated heterocycles. The Kier molecular flexibility index (Phi) is 8.21. The SMILES string of the molecule is CC1(C)c2ccccc2-c2cc3c(cc21)N(c1ccc2c4ccccc4n(-c4ccccc4)c2c1)C(c1ccccc1)(c1ccccc1)N3c1ccc2c3ccccc3n(-c3ccccc3)c2c1. The molecule has 4 heteroatoms. The van der Waals surface area contributed by atoms with Crippen LogP contribution in [0.25, 0.3) is 66.1 Å². The van der Waals surface area contributed by atoms with Gasteiger partial charge in [0.2, 0.25) is 0 Å². The lowest BCUT2D eigenvalue weighted by Gasteiger charge is -2.47. The fourth-order valence-electron chi connectivity index (χ4n) is 12.1. The van der Waals surface area contributed by atoms with Crippen LogP contribution in [0.3, 0.4) is 0 Å². The Balaban J connectivity index is 1.14. The Morgan fingerprint density at radius 2 is 0.706 bits per heavy atom. The van der Waals surface area contributed by atoms with Gasteiger partial charge in [-0.3, -0.25) is 0 Å². The minimum Gasteiger partial charge on any atom is -0.309 e. The molecule has 10 aromatic carbocycles. The van der Waals surface area contributed by atoms with E-state index in [1.54, 1.807) is 0 Å². The highest BCUT2D eigenvalue weighted by molar-refractivity contribution is 6.12. The monoisotopic (exact) mass is 870 g/mol. The van der Waals surface area contributed by atoms with Gasteiger partial charge >= 0.3 is 0 Å². The zero-order chi connectivity index (χ0) is 45.1. The normalized spacial score (nSPS) is 14.5. The molecular weight excluding hydrogens is 825 g/mol. The molecule has 0 unspecified atom stereocenters. The molecule has 0 radical (unpaired) electrons. The average Bonchev–Trinajstić information content (AvgIpc) is 4.08. The van der Waals surface area contributed by atoms with Crippen molar-refractivity contribution in [2.24, 2.45) is 0 Å². The average molecular weight is 871 g/mol. The molecule has 0 saturated carbocycles. The lowest BCUT2D eigenvalue weighted by molar-refractivity contribution is 0.559. The smallest absolute Gasteiger partial charge is 0.175 e. The van der Waals surface area contributed by atoms with Gasteiger partial charge in [0, 0.05) is 60.8 Å². The highest BCUT2D eigenvalue weighted by Gasteiger charge is 2.55. The van der Waals surface area contributed by atoms with Crippen LogP contribution in [-0.4, -0.2) is 9.13 Å². The summed E-state index contributed by atoms with van der Waals surface area (Å²) in [6, 6.07) is 90.0. The van der Waals surface area contributed by atoms with Gasteiger partial charge in [-0.25, -0.2) is 0 Å². The summed E-state index contributed by atoms with van der Waals surface area (Å²) in [6.45, 7) is 4.78. The van der Waals surface area contributed by atoms with Gasteiger partial charge in [-0.15, -0.1) is 0 Å². The van der Waals surface area contributed by atoms with Gasteiger partial charge in [-0.2, -0.15) is 0 Å². The first-order valence-corrected chi connectivity index (χ1v) is 23.7. The van der Waals surface area contributed by atoms with Crippen molar-refractivity contribution in [2.45, 2.75) is 24.9 Å². The zero-order valence-corrected chi connectivity index (χ0v) is 37.9. The molecule has 322 valence electrons. The summed E-state index contributed by atoms with van der Waals surface area (Å²) in [5.41, 5.74) is 17.9. The van der Waals surface area contributed by atoms with Crippen LogP contribution in [0.15, 0.2) is 243 Å². The topological polar surface area (TPSA) is 16.3 Å². The molecule has 0 atom stereocenters. The quantitative estimate of drug-likeness (QED) is 0.166. The highest BCUT2D eigenvalue weighted by atomic mass is 15.5. The first-order chi connectivity index (χ1) is 33.5. The van der Waals surface area contributed by atoms with E-state index in [-0.39, 0.29) is 5.41 Å². The number of hydrogen-bond donors (Lipinski definition) is 0. The number of nitrogens with zero attached hydrogens (tertiary/aromatic N) is 4. The Hall–Kier alpha value is -8.60. The molecular formula is C64H46N4. The standard InChI is InChI=1S/C64H46N4/c1-63(2)55-32-18-15-29-49(55)54-41-61-62(42-56(54)63)68(48-36-38-53-51-31-17-20-34-58(51)66(60(53)40-48)46-27-13-6-14-28-46)64(43-21-7-3-8-22-43,44-23-9-4-10-24-44)67(61)47-35-37-52-50-30-16-19-33-57(50)65(59(52)39-47)45-25-11-5-12-26-45/h3-42H,1-2H3. The molecule has 3 heterocycles. The van der Waals surface area contributed by atoms with Crippen molar-refractivity contribution in [3.8, 4) is 22.5 Å². The van der Waals surface area contributed by atoms with E-state index in [0.29, 0.717) is 0 Å². The number of para-hydroxylation sites is 4. The predicted molar refractivity (Wildman–Crippen MR) is 284 cm³/mol. The van der Waals surface area contributed by atoms with E-state index < -0.39 is 5.66 Å². The van der Waals surface area contributed by atoms with Crippen LogP contribution < -0.4 is 9.80 Å². The molecule has 0 N–H and O–H groups in total. The minimum absolute atomic E-state index is 0.221. The van der Waals surface area contributed by atoms with Gasteiger partial charge in [0.05, 0.1) is 33.4 Å². The third-order valence-corrected chi connectivity index (χ3v) is 15.0. The maximum absolute atomic E-state index is 2.66. The molecule has 2 aromatic heterocycles. The van der Waals surface area contributed by atoms with Crippen molar-refractivity contribution in [1.29, 1.82) is 0 Å². The van der Waals surface area contributed by atoms with Gasteiger partial charge in [-0.05, 0) is 95.1 Å². The summed E-state index contributed by atoms with van der Waals surface area (Å²) in [6.07, 6.45) is 0. The second kappa shape index (κ2) is 14.4. The third-order valence-electron chi connectivity index (χ3n) is 15.0. The summed E-state index contributed by atoms with van der Waals surface area (Å²) < 4.78 is 4.88. The summed E-state index contributed by atoms with van der Waals surface area (Å²) in [5.74, 6) is 0. The molecule has 4 nitrogen and oxygen atoms in total. The van der Waals surface area contributed by atoms with Gasteiger partial charge < -0.3 is 18.9 Å². The van der Waals surface area contributed by atoms with Crippen molar-refractivity contribution in [2.75, 3.05) is 9.80 Å². The third kappa shape index (κ3) is 5.26. The molecule has 1 aliphatic heterocycles. The maximum atomic E-state index is 2.66. The van der Waals surface area contributed by atoms with E-state index in [0.717, 1.165) is 56.3 Å². The van der Waals surface area contributed by atoms with Crippen LogP contribution in [0.5, 0.6) is 0 Å². The first-order valence-electron chi connectivity index (χ1n) is 23.7. The van der Waals surface area contributed by atoms with Crippen LogP contribution in [-0.2, 0) is 11.1 Å². The lowest BCUT2D eigenvalue weighted by atomic mass is 9.82. The largest absolute Gasteiger partial charge is 0.309 e. The van der Waals surface area contributed by atoms with Gasteiger partial charge in [0.15, 0.2) is 5.66 Å². The minimum atomic E-state index is -0.905. The first kappa shape index (κ1) is 38.6. The Morgan fingerprint density at radius 3 is 1.22 bits per heavy atom. The molecule has 0 spiro atoms. The molecule has 1 aliphatic carbocycles. The molecule has 2 aliphatic rings. The number of fused-ring (bicyclic) bond motifs is 10. The van der Waals surface area contributed by atoms with Crippen LogP contribution >= 0.6 is 0 Å². The second-order valence-electron chi connectivity index (χ2n) is 18.9. The summed E-state index contributed by atoms with van der Waals surface area (Å²) >= 11 is 0. The van der Waals surface area contributed by atoms with Crippen molar-refractivity contribution >= 4 is 66.4 Å². The molecule has 68 heavy (non-hydrogen) atoms. The summed E-state index contributed by atoms with van der Waals surface area (Å²) in [4.78, 5) is 5.32. The van der Waals surface area contributed by atoms with Crippen molar-refractivity contribution < 1.29 is 0 Å². The molecule has 0 bridgehead atoms. The van der Waals surface area contributed by atoms with Crippen LogP contribution in [0, 0.1) is 0 Å². The van der Waals surface area contributed by atoms with E-state index in [2.05, 4.69) is 275 Å². The van der Waals surface area contributed by atoms with E-state index in [9.17, 15) is 0 Å². The van der Waals surface area contributed by atoms with Gasteiger partial charge in [-0.1, -0.05) is 184 Å². The summed E-state index contributed by atoms with van der Waals surface area (Å²) in [7, 11) is 0. The van der Waals surface area contributed by atoms with E-state index >= 15 is 0 Å². The Bertz CT molecular complexity index is 3900. The van der Waals surface area contributed by atoms with Crippen molar-refractivity contribution in [1.82, 2.24) is 9.13 Å². The predicted octanol–water partition coefficient (Wildman–Crippen LogP) is 16.4. The van der Waals surface area contributed by atoms with E-state index in [1.807, 2.05) is 0 Å². The fraction of sp³-hybridized carbons (Fsp3) is 0.0625. The van der Waals surface area contributed by atoms with Crippen molar-refractivity contribution in [3.63, 3.8) is 0 Å². The van der Waals surface area contributed by atoms with Crippen LogP contribution in [0.2, 0.25) is 0 Å². The van der Waals surface area contributed by atoms with Crippen LogP contribution in [0.4, 0.5) is 22.7 Å². The maximum Gasteiger partial charge on any atom is 0.175 e. The van der Waals surface area contributed by atoms with E-state index in [1.165, 1.54) is 54.8 Å². The molecule has 0 fully saturated rings. The number of anilines is 4. The Labute approximate surface area is 395 Å². The molecule has 12 aromatic rings. The van der Waals surface area contributed by atoms with Gasteiger partial charge in [0.1, 0.15) is 0 Å². The van der Waals surface area contributed by atoms with Crippen LogP contribution in [0.1, 0.15) is 36.1 Å². The number of rotatable bonds is 6. The number of aromatic nitrogens is 2. The van der Waals surface area contributed by atoms with Gasteiger partial charge in [0.25, 0.3) is 0 Å². The number of benzene rings is 10. The van der Waals surface area contributed by atoms with Crippen molar-refractivity contribution in [3.05, 3.63) is 265 Å². The second-order valence-corrected chi connectivity index (χ2v) is 18.9. The lowest BCUT2D eigenvalue weighted by Crippen LogP contribution is -2.51. The highest BCUT2D eigenvalue weighted by Crippen LogP contribution is 2.63. The fourth-order valence-corrected chi connectivity index (χ4v) is 12.1. The molecule has 14 rings (SSSR count). The molecule has 0 amide bonds. The number of hydrogen-bond acceptors (Lipinski definition) is 2. The Morgan fingerprint density at radius 1 is 0.294 bits per heavy atom.